The summed E-state index contributed by atoms with van der Waals surface area (Å²) in [6, 6.07) is 6.30. The Kier molecular flexibility index (Phi) is 5.54. The minimum atomic E-state index is -4.53. The zero-order valence-corrected chi connectivity index (χ0v) is 14.6. The Hall–Kier alpha value is -2.75. The van der Waals surface area contributed by atoms with Crippen molar-refractivity contribution in [1.29, 1.82) is 0 Å². The Labute approximate surface area is 153 Å². The van der Waals surface area contributed by atoms with E-state index in [1.165, 1.54) is 4.68 Å². The standard InChI is InChI=1S/C17H19F3N4O3/c1-26-12-4-2-11(3-5-12)22-16(25)21-7-8-24-14-6-9-27-10-13(14)15(23-24)17(18,19)20/h2-5H,6-10H2,1H3,(H2,21,22,25). The molecule has 0 saturated heterocycles. The van der Waals surface area contributed by atoms with Crippen molar-refractivity contribution < 1.29 is 27.4 Å². The van der Waals surface area contributed by atoms with E-state index in [0.29, 0.717) is 30.2 Å². The van der Waals surface area contributed by atoms with Gasteiger partial charge >= 0.3 is 12.2 Å². The molecule has 1 aromatic carbocycles. The molecule has 0 unspecified atom stereocenters. The second kappa shape index (κ2) is 7.87. The molecule has 10 heteroatoms. The number of alkyl halides is 3. The third-order valence-electron chi connectivity index (χ3n) is 4.12. The van der Waals surface area contributed by atoms with Crippen molar-refractivity contribution >= 4 is 11.7 Å². The summed E-state index contributed by atoms with van der Waals surface area (Å²) in [6.45, 7) is 0.514. The number of amides is 2. The maximum Gasteiger partial charge on any atom is 0.435 e. The number of hydrogen-bond donors (Lipinski definition) is 2. The van der Waals surface area contributed by atoms with Crippen LogP contribution in [0.25, 0.3) is 0 Å². The first-order valence-corrected chi connectivity index (χ1v) is 8.31. The zero-order chi connectivity index (χ0) is 19.4. The van der Waals surface area contributed by atoms with Gasteiger partial charge in [0.05, 0.1) is 26.9 Å². The normalized spacial score (nSPS) is 13.8. The van der Waals surface area contributed by atoms with Gasteiger partial charge in [-0.15, -0.1) is 0 Å². The molecule has 1 aliphatic heterocycles. The number of nitrogens with one attached hydrogen (secondary N) is 2. The minimum absolute atomic E-state index is 0.0800. The summed E-state index contributed by atoms with van der Waals surface area (Å²) in [6.07, 6.45) is -4.17. The molecule has 0 radical (unpaired) electrons. The Bertz CT molecular complexity index is 803. The predicted octanol–water partition coefficient (Wildman–Crippen LogP) is 2.80. The van der Waals surface area contributed by atoms with Crippen LogP contribution in [0, 0.1) is 0 Å². The average Bonchev–Trinajstić information content (AvgIpc) is 3.02. The van der Waals surface area contributed by atoms with E-state index in [4.69, 9.17) is 9.47 Å². The van der Waals surface area contributed by atoms with Crippen LogP contribution >= 0.6 is 0 Å². The first kappa shape index (κ1) is 19.0. The molecule has 2 aromatic rings. The molecule has 1 aromatic heterocycles. The van der Waals surface area contributed by atoms with Crippen molar-refractivity contribution in [1.82, 2.24) is 15.1 Å². The number of nitrogens with zero attached hydrogens (tertiary/aromatic N) is 2. The molecule has 146 valence electrons. The Balaban J connectivity index is 1.58. The summed E-state index contributed by atoms with van der Waals surface area (Å²) in [5.41, 5.74) is 0.239. The number of carbonyl (C=O) groups excluding carboxylic acids is 1. The van der Waals surface area contributed by atoms with Crippen LogP contribution in [-0.2, 0) is 30.5 Å². The molecular weight excluding hydrogens is 365 g/mol. The molecule has 0 atom stereocenters. The van der Waals surface area contributed by atoms with Crippen LogP contribution in [0.15, 0.2) is 24.3 Å². The van der Waals surface area contributed by atoms with Gasteiger partial charge in [-0.2, -0.15) is 18.3 Å². The third-order valence-corrected chi connectivity index (χ3v) is 4.12. The quantitative estimate of drug-likeness (QED) is 0.831. The molecule has 1 aliphatic rings. The van der Waals surface area contributed by atoms with E-state index in [1.54, 1.807) is 31.4 Å². The highest BCUT2D eigenvalue weighted by molar-refractivity contribution is 5.89. The molecule has 27 heavy (non-hydrogen) atoms. The van der Waals surface area contributed by atoms with Crippen LogP contribution in [0.4, 0.5) is 23.7 Å². The van der Waals surface area contributed by atoms with Gasteiger partial charge in [0.2, 0.25) is 0 Å². The lowest BCUT2D eigenvalue weighted by Gasteiger charge is -2.15. The highest BCUT2D eigenvalue weighted by Gasteiger charge is 2.39. The van der Waals surface area contributed by atoms with Crippen LogP contribution in [0.1, 0.15) is 17.0 Å². The number of aromatic nitrogens is 2. The van der Waals surface area contributed by atoms with Crippen LogP contribution in [-0.4, -0.2) is 36.1 Å². The van der Waals surface area contributed by atoms with E-state index in [9.17, 15) is 18.0 Å². The zero-order valence-electron chi connectivity index (χ0n) is 14.6. The highest BCUT2D eigenvalue weighted by atomic mass is 19.4. The van der Waals surface area contributed by atoms with Gasteiger partial charge in [0.25, 0.3) is 0 Å². The van der Waals surface area contributed by atoms with Crippen molar-refractivity contribution in [2.75, 3.05) is 25.6 Å². The van der Waals surface area contributed by atoms with Crippen molar-refractivity contribution in [2.24, 2.45) is 0 Å². The summed E-state index contributed by atoms with van der Waals surface area (Å²) < 4.78 is 50.8. The number of anilines is 1. The van der Waals surface area contributed by atoms with Gasteiger partial charge < -0.3 is 20.1 Å². The molecule has 7 nitrogen and oxygen atoms in total. The van der Waals surface area contributed by atoms with E-state index in [-0.39, 0.29) is 25.3 Å². The first-order valence-electron chi connectivity index (χ1n) is 8.31. The fourth-order valence-corrected chi connectivity index (χ4v) is 2.85. The lowest BCUT2D eigenvalue weighted by molar-refractivity contribution is -0.142. The fraction of sp³-hybridized carbons (Fsp3) is 0.412. The molecule has 0 bridgehead atoms. The van der Waals surface area contributed by atoms with E-state index in [1.807, 2.05) is 0 Å². The van der Waals surface area contributed by atoms with Gasteiger partial charge in [-0.3, -0.25) is 4.68 Å². The number of fused-ring (bicyclic) bond motifs is 1. The van der Waals surface area contributed by atoms with Gasteiger partial charge in [-0.05, 0) is 24.3 Å². The topological polar surface area (TPSA) is 77.4 Å². The number of methoxy groups -OCH3 is 1. The summed E-state index contributed by atoms with van der Waals surface area (Å²) in [5, 5.41) is 8.93. The Morgan fingerprint density at radius 3 is 2.74 bits per heavy atom. The lowest BCUT2D eigenvalue weighted by atomic mass is 10.1. The summed E-state index contributed by atoms with van der Waals surface area (Å²) in [5.74, 6) is 0.661. The van der Waals surface area contributed by atoms with Crippen molar-refractivity contribution in [3.63, 3.8) is 0 Å². The molecular formula is C17H19F3N4O3. The molecule has 0 saturated carbocycles. The van der Waals surface area contributed by atoms with E-state index < -0.39 is 17.9 Å². The van der Waals surface area contributed by atoms with E-state index in [0.717, 1.165) is 0 Å². The van der Waals surface area contributed by atoms with Crippen LogP contribution in [0.3, 0.4) is 0 Å². The van der Waals surface area contributed by atoms with Crippen LogP contribution < -0.4 is 15.4 Å². The predicted molar refractivity (Wildman–Crippen MR) is 90.6 cm³/mol. The maximum absolute atomic E-state index is 13.1. The van der Waals surface area contributed by atoms with Gasteiger partial charge in [-0.25, -0.2) is 4.79 Å². The second-order valence-corrected chi connectivity index (χ2v) is 5.91. The van der Waals surface area contributed by atoms with Gasteiger partial charge in [0.1, 0.15) is 5.75 Å². The largest absolute Gasteiger partial charge is 0.497 e. The van der Waals surface area contributed by atoms with Crippen LogP contribution in [0.5, 0.6) is 5.75 Å². The van der Waals surface area contributed by atoms with Crippen molar-refractivity contribution in [3.8, 4) is 5.75 Å². The first-order chi connectivity index (χ1) is 12.9. The average molecular weight is 384 g/mol. The molecule has 0 spiro atoms. The molecule has 2 N–H and O–H groups in total. The molecule has 0 fully saturated rings. The minimum Gasteiger partial charge on any atom is -0.497 e. The summed E-state index contributed by atoms with van der Waals surface area (Å²) in [4.78, 5) is 11.9. The Morgan fingerprint density at radius 1 is 1.33 bits per heavy atom. The third kappa shape index (κ3) is 4.51. The number of benzene rings is 1. The summed E-state index contributed by atoms with van der Waals surface area (Å²) in [7, 11) is 1.54. The van der Waals surface area contributed by atoms with Gasteiger partial charge in [0.15, 0.2) is 5.69 Å². The van der Waals surface area contributed by atoms with Crippen LogP contribution in [0.2, 0.25) is 0 Å². The fourth-order valence-electron chi connectivity index (χ4n) is 2.85. The monoisotopic (exact) mass is 384 g/mol. The maximum atomic E-state index is 13.1. The molecule has 3 rings (SSSR count). The van der Waals surface area contributed by atoms with Gasteiger partial charge in [-0.1, -0.05) is 0 Å². The number of carbonyl (C=O) groups is 1. The van der Waals surface area contributed by atoms with Crippen molar-refractivity contribution in [3.05, 3.63) is 41.2 Å². The van der Waals surface area contributed by atoms with Gasteiger partial charge in [0, 0.05) is 29.9 Å². The lowest BCUT2D eigenvalue weighted by Crippen LogP contribution is -2.32. The summed E-state index contributed by atoms with van der Waals surface area (Å²) >= 11 is 0. The number of halogens is 3. The number of ether oxygens (including phenoxy) is 2. The number of rotatable bonds is 5. The Morgan fingerprint density at radius 2 is 2.07 bits per heavy atom. The highest BCUT2D eigenvalue weighted by Crippen LogP contribution is 2.34. The SMILES string of the molecule is COc1ccc(NC(=O)NCCn2nc(C(F)(F)F)c3c2CCOC3)cc1. The smallest absolute Gasteiger partial charge is 0.435 e. The molecule has 2 heterocycles. The molecule has 0 aliphatic carbocycles. The van der Waals surface area contributed by atoms with E-state index >= 15 is 0 Å². The number of urea groups is 1. The number of hydrogen-bond acceptors (Lipinski definition) is 4. The molecule has 2 amide bonds. The second-order valence-electron chi connectivity index (χ2n) is 5.91. The van der Waals surface area contributed by atoms with E-state index in [2.05, 4.69) is 15.7 Å². The van der Waals surface area contributed by atoms with Crippen molar-refractivity contribution in [2.45, 2.75) is 25.7 Å².